The SMILES string of the molecule is Cc1ccccc1-n1c(-c2ccccc2)cnc1SCC(=O)NC(C)C. The zero-order valence-electron chi connectivity index (χ0n) is 15.3. The fourth-order valence-electron chi connectivity index (χ4n) is 2.79. The van der Waals surface area contributed by atoms with Crippen molar-refractivity contribution in [2.45, 2.75) is 32.0 Å². The van der Waals surface area contributed by atoms with Crippen LogP contribution in [0.3, 0.4) is 0 Å². The molecule has 0 fully saturated rings. The van der Waals surface area contributed by atoms with Gasteiger partial charge in [-0.15, -0.1) is 0 Å². The Morgan fingerprint density at radius 2 is 1.81 bits per heavy atom. The molecule has 0 aliphatic carbocycles. The monoisotopic (exact) mass is 365 g/mol. The van der Waals surface area contributed by atoms with E-state index >= 15 is 0 Å². The van der Waals surface area contributed by atoms with Crippen molar-refractivity contribution in [3.63, 3.8) is 0 Å². The van der Waals surface area contributed by atoms with Gasteiger partial charge in [0.1, 0.15) is 0 Å². The molecule has 134 valence electrons. The van der Waals surface area contributed by atoms with Gasteiger partial charge in [0, 0.05) is 11.6 Å². The van der Waals surface area contributed by atoms with E-state index in [0.29, 0.717) is 5.75 Å². The smallest absolute Gasteiger partial charge is 0.230 e. The molecule has 0 unspecified atom stereocenters. The second kappa shape index (κ2) is 8.23. The number of hydrogen-bond donors (Lipinski definition) is 1. The van der Waals surface area contributed by atoms with Crippen LogP contribution in [0.4, 0.5) is 0 Å². The fraction of sp³-hybridized carbons (Fsp3) is 0.238. The number of rotatable bonds is 6. The average molecular weight is 366 g/mol. The molecular formula is C21H23N3OS. The van der Waals surface area contributed by atoms with Crippen molar-refractivity contribution < 1.29 is 4.79 Å². The quantitative estimate of drug-likeness (QED) is 0.656. The van der Waals surface area contributed by atoms with E-state index in [1.165, 1.54) is 11.8 Å². The molecule has 0 aliphatic heterocycles. The predicted molar refractivity (Wildman–Crippen MR) is 108 cm³/mol. The largest absolute Gasteiger partial charge is 0.353 e. The molecule has 0 saturated carbocycles. The van der Waals surface area contributed by atoms with Crippen molar-refractivity contribution in [2.24, 2.45) is 0 Å². The Hall–Kier alpha value is -2.53. The van der Waals surface area contributed by atoms with E-state index in [-0.39, 0.29) is 11.9 Å². The average Bonchev–Trinajstić information content (AvgIpc) is 3.04. The zero-order valence-corrected chi connectivity index (χ0v) is 16.1. The molecule has 1 amide bonds. The van der Waals surface area contributed by atoms with Crippen molar-refractivity contribution >= 4 is 17.7 Å². The van der Waals surface area contributed by atoms with Gasteiger partial charge in [0.05, 0.1) is 23.3 Å². The molecular weight excluding hydrogens is 342 g/mol. The summed E-state index contributed by atoms with van der Waals surface area (Å²) in [5.74, 6) is 0.362. The lowest BCUT2D eigenvalue weighted by Gasteiger charge is -2.14. The summed E-state index contributed by atoms with van der Waals surface area (Å²) in [5, 5.41) is 3.74. The highest BCUT2D eigenvalue weighted by Gasteiger charge is 2.16. The molecule has 3 aromatic rings. The molecule has 1 N–H and O–H groups in total. The van der Waals surface area contributed by atoms with Crippen LogP contribution >= 0.6 is 11.8 Å². The van der Waals surface area contributed by atoms with E-state index in [1.54, 1.807) is 0 Å². The normalized spacial score (nSPS) is 10.9. The number of aryl methyl sites for hydroxylation is 1. The summed E-state index contributed by atoms with van der Waals surface area (Å²) in [6.07, 6.45) is 1.88. The Kier molecular flexibility index (Phi) is 5.78. The molecule has 1 heterocycles. The van der Waals surface area contributed by atoms with Crippen LogP contribution in [-0.4, -0.2) is 27.3 Å². The van der Waals surface area contributed by atoms with Gasteiger partial charge in [-0.05, 0) is 32.4 Å². The second-order valence-corrected chi connectivity index (χ2v) is 7.37. The van der Waals surface area contributed by atoms with Gasteiger partial charge in [0.2, 0.25) is 5.91 Å². The first-order valence-corrected chi connectivity index (χ1v) is 9.66. The van der Waals surface area contributed by atoms with E-state index in [1.807, 2.05) is 50.4 Å². The third-order valence-corrected chi connectivity index (χ3v) is 4.89. The van der Waals surface area contributed by atoms with Gasteiger partial charge in [0.15, 0.2) is 5.16 Å². The van der Waals surface area contributed by atoms with E-state index in [2.05, 4.69) is 46.1 Å². The summed E-state index contributed by atoms with van der Waals surface area (Å²) >= 11 is 1.46. The minimum atomic E-state index is 0.0191. The summed E-state index contributed by atoms with van der Waals surface area (Å²) in [6.45, 7) is 6.01. The van der Waals surface area contributed by atoms with Crippen LogP contribution in [-0.2, 0) is 4.79 Å². The topological polar surface area (TPSA) is 46.9 Å². The number of amides is 1. The maximum absolute atomic E-state index is 12.0. The molecule has 26 heavy (non-hydrogen) atoms. The molecule has 5 heteroatoms. The predicted octanol–water partition coefficient (Wildman–Crippen LogP) is 4.46. The minimum absolute atomic E-state index is 0.0191. The standard InChI is InChI=1S/C21H23N3OS/c1-15(2)23-20(25)14-26-21-22-13-19(17-10-5-4-6-11-17)24(21)18-12-8-7-9-16(18)3/h4-13,15H,14H2,1-3H3,(H,23,25). The first-order chi connectivity index (χ1) is 12.6. The molecule has 0 spiro atoms. The highest BCUT2D eigenvalue weighted by molar-refractivity contribution is 7.99. The molecule has 1 aromatic heterocycles. The van der Waals surface area contributed by atoms with Crippen LogP contribution in [0.25, 0.3) is 16.9 Å². The van der Waals surface area contributed by atoms with E-state index in [9.17, 15) is 4.79 Å². The molecule has 4 nitrogen and oxygen atoms in total. The van der Waals surface area contributed by atoms with E-state index in [0.717, 1.165) is 27.7 Å². The lowest BCUT2D eigenvalue weighted by molar-refractivity contribution is -0.119. The Morgan fingerprint density at radius 3 is 2.50 bits per heavy atom. The lowest BCUT2D eigenvalue weighted by atomic mass is 10.1. The van der Waals surface area contributed by atoms with Crippen molar-refractivity contribution in [2.75, 3.05) is 5.75 Å². The summed E-state index contributed by atoms with van der Waals surface area (Å²) in [5.41, 5.74) is 4.36. The molecule has 0 saturated heterocycles. The maximum atomic E-state index is 12.0. The summed E-state index contributed by atoms with van der Waals surface area (Å²) in [7, 11) is 0. The van der Waals surface area contributed by atoms with Crippen LogP contribution in [0.2, 0.25) is 0 Å². The highest BCUT2D eigenvalue weighted by atomic mass is 32.2. The van der Waals surface area contributed by atoms with Crippen LogP contribution in [0.15, 0.2) is 66.0 Å². The van der Waals surface area contributed by atoms with Crippen molar-refractivity contribution in [1.82, 2.24) is 14.9 Å². The van der Waals surface area contributed by atoms with Crippen LogP contribution in [0.5, 0.6) is 0 Å². The van der Waals surface area contributed by atoms with Gasteiger partial charge in [-0.1, -0.05) is 60.3 Å². The zero-order chi connectivity index (χ0) is 18.5. The van der Waals surface area contributed by atoms with Gasteiger partial charge in [-0.25, -0.2) is 4.98 Å². The van der Waals surface area contributed by atoms with E-state index in [4.69, 9.17) is 0 Å². The van der Waals surface area contributed by atoms with Crippen molar-refractivity contribution in [3.05, 3.63) is 66.4 Å². The summed E-state index contributed by atoms with van der Waals surface area (Å²) in [4.78, 5) is 16.7. The number of nitrogens with zero attached hydrogens (tertiary/aromatic N) is 2. The first kappa shape index (κ1) is 18.3. The Balaban J connectivity index is 1.99. The lowest BCUT2D eigenvalue weighted by Crippen LogP contribution is -2.31. The third-order valence-electron chi connectivity index (χ3n) is 3.94. The number of aromatic nitrogens is 2. The Bertz CT molecular complexity index is 887. The van der Waals surface area contributed by atoms with Gasteiger partial charge in [-0.2, -0.15) is 0 Å². The fourth-order valence-corrected chi connectivity index (χ4v) is 3.59. The highest BCUT2D eigenvalue weighted by Crippen LogP contribution is 2.31. The van der Waals surface area contributed by atoms with Gasteiger partial charge in [-0.3, -0.25) is 9.36 Å². The number of carbonyl (C=O) groups excluding carboxylic acids is 1. The number of imidazole rings is 1. The molecule has 0 atom stereocenters. The second-order valence-electron chi connectivity index (χ2n) is 6.42. The summed E-state index contributed by atoms with van der Waals surface area (Å²) < 4.78 is 2.14. The van der Waals surface area contributed by atoms with Crippen LogP contribution in [0.1, 0.15) is 19.4 Å². The minimum Gasteiger partial charge on any atom is -0.353 e. The molecule has 3 rings (SSSR count). The van der Waals surface area contributed by atoms with Crippen LogP contribution < -0.4 is 5.32 Å². The Morgan fingerprint density at radius 1 is 1.12 bits per heavy atom. The molecule has 0 radical (unpaired) electrons. The third kappa shape index (κ3) is 4.17. The van der Waals surface area contributed by atoms with Gasteiger partial charge < -0.3 is 5.32 Å². The number of thioether (sulfide) groups is 1. The molecule has 0 aliphatic rings. The van der Waals surface area contributed by atoms with Gasteiger partial charge >= 0.3 is 0 Å². The van der Waals surface area contributed by atoms with E-state index < -0.39 is 0 Å². The van der Waals surface area contributed by atoms with Crippen molar-refractivity contribution in [1.29, 1.82) is 0 Å². The van der Waals surface area contributed by atoms with Crippen molar-refractivity contribution in [3.8, 4) is 16.9 Å². The number of hydrogen-bond acceptors (Lipinski definition) is 3. The number of para-hydroxylation sites is 1. The number of carbonyl (C=O) groups is 1. The van der Waals surface area contributed by atoms with Gasteiger partial charge in [0.25, 0.3) is 0 Å². The summed E-state index contributed by atoms with van der Waals surface area (Å²) in [6, 6.07) is 18.6. The molecule has 2 aromatic carbocycles. The maximum Gasteiger partial charge on any atom is 0.230 e. The number of benzene rings is 2. The Labute approximate surface area is 158 Å². The number of nitrogens with one attached hydrogen (secondary N) is 1. The first-order valence-electron chi connectivity index (χ1n) is 8.67. The molecule has 0 bridgehead atoms. The van der Waals surface area contributed by atoms with Crippen LogP contribution in [0, 0.1) is 6.92 Å².